The Balaban J connectivity index is 2.26. The molecule has 0 amide bonds. The van der Waals surface area contributed by atoms with Crippen molar-refractivity contribution in [3.05, 3.63) is 51.2 Å². The van der Waals surface area contributed by atoms with Crippen LogP contribution in [0.15, 0.2) is 30.3 Å². The van der Waals surface area contributed by atoms with Crippen LogP contribution in [-0.4, -0.2) is 9.97 Å². The van der Waals surface area contributed by atoms with Crippen LogP contribution in [0.5, 0.6) is 0 Å². The highest BCUT2D eigenvalue weighted by Gasteiger charge is 2.14. The largest absolute Gasteiger partial charge is 0.338 e. The molecule has 2 aromatic carbocycles. The van der Waals surface area contributed by atoms with Gasteiger partial charge in [-0.3, -0.25) is 0 Å². The van der Waals surface area contributed by atoms with Crippen molar-refractivity contribution < 1.29 is 4.39 Å². The van der Waals surface area contributed by atoms with E-state index in [1.165, 1.54) is 12.1 Å². The van der Waals surface area contributed by atoms with Crippen molar-refractivity contribution in [1.82, 2.24) is 9.97 Å². The number of aromatic amines is 1. The van der Waals surface area contributed by atoms with Gasteiger partial charge < -0.3 is 4.98 Å². The molecule has 0 aliphatic heterocycles. The van der Waals surface area contributed by atoms with Crippen LogP contribution >= 0.6 is 34.8 Å². The van der Waals surface area contributed by atoms with Gasteiger partial charge in [-0.05, 0) is 24.3 Å². The zero-order valence-corrected chi connectivity index (χ0v) is 11.6. The number of hydrogen-bond donors (Lipinski definition) is 1. The molecule has 0 aliphatic rings. The molecule has 19 heavy (non-hydrogen) atoms. The van der Waals surface area contributed by atoms with Gasteiger partial charge in [-0.15, -0.1) is 0 Å². The summed E-state index contributed by atoms with van der Waals surface area (Å²) in [6, 6.07) is 7.73. The predicted molar refractivity (Wildman–Crippen MR) is 76.5 cm³/mol. The first-order valence-electron chi connectivity index (χ1n) is 5.35. The molecule has 0 saturated heterocycles. The summed E-state index contributed by atoms with van der Waals surface area (Å²) in [5, 5.41) is 1.09. The summed E-state index contributed by atoms with van der Waals surface area (Å²) in [6.07, 6.45) is 0. The maximum absolute atomic E-state index is 13.8. The smallest absolute Gasteiger partial charge is 0.142 e. The molecule has 0 saturated carbocycles. The van der Waals surface area contributed by atoms with Gasteiger partial charge in [0, 0.05) is 0 Å². The second-order valence-electron chi connectivity index (χ2n) is 3.97. The highest BCUT2D eigenvalue weighted by atomic mass is 35.5. The average molecular weight is 316 g/mol. The highest BCUT2D eigenvalue weighted by Crippen LogP contribution is 2.32. The molecule has 0 radical (unpaired) electrons. The molecule has 3 rings (SSSR count). The van der Waals surface area contributed by atoms with Crippen LogP contribution in [0.25, 0.3) is 22.4 Å². The standard InChI is InChI=1S/C13H6Cl3FN2/c14-6-2-1-3-9(17)12(6)13-18-10-4-7(15)8(16)5-11(10)19-13/h1-5H,(H,18,19). The molecule has 1 N–H and O–H groups in total. The first-order valence-corrected chi connectivity index (χ1v) is 6.49. The monoisotopic (exact) mass is 314 g/mol. The molecular weight excluding hydrogens is 310 g/mol. The molecule has 1 heterocycles. The lowest BCUT2D eigenvalue weighted by Gasteiger charge is -2.01. The van der Waals surface area contributed by atoms with Crippen LogP contribution in [-0.2, 0) is 0 Å². The van der Waals surface area contributed by atoms with E-state index in [1.54, 1.807) is 18.2 Å². The summed E-state index contributed by atoms with van der Waals surface area (Å²) in [5.41, 5.74) is 1.50. The number of H-pyrrole nitrogens is 1. The normalized spacial score (nSPS) is 11.2. The lowest BCUT2D eigenvalue weighted by atomic mass is 10.2. The Hall–Kier alpha value is -1.29. The number of hydrogen-bond acceptors (Lipinski definition) is 1. The Kier molecular flexibility index (Phi) is 3.13. The van der Waals surface area contributed by atoms with Gasteiger partial charge in [0.05, 0.1) is 31.7 Å². The van der Waals surface area contributed by atoms with E-state index in [4.69, 9.17) is 34.8 Å². The van der Waals surface area contributed by atoms with Crippen LogP contribution in [0, 0.1) is 5.82 Å². The molecule has 0 bridgehead atoms. The zero-order chi connectivity index (χ0) is 13.6. The number of rotatable bonds is 1. The Morgan fingerprint density at radius 1 is 1.00 bits per heavy atom. The number of halogens is 4. The van der Waals surface area contributed by atoms with E-state index in [0.29, 0.717) is 26.9 Å². The molecule has 0 atom stereocenters. The molecule has 0 spiro atoms. The fraction of sp³-hybridized carbons (Fsp3) is 0. The molecule has 3 aromatic rings. The lowest BCUT2D eigenvalue weighted by molar-refractivity contribution is 0.630. The molecular formula is C13H6Cl3FN2. The van der Waals surface area contributed by atoms with Crippen molar-refractivity contribution in [3.63, 3.8) is 0 Å². The number of nitrogens with one attached hydrogen (secondary N) is 1. The van der Waals surface area contributed by atoms with Gasteiger partial charge in [-0.1, -0.05) is 40.9 Å². The van der Waals surface area contributed by atoms with Crippen LogP contribution in [0.4, 0.5) is 4.39 Å². The summed E-state index contributed by atoms with van der Waals surface area (Å²) in [4.78, 5) is 7.27. The van der Waals surface area contributed by atoms with Crippen LogP contribution < -0.4 is 0 Å². The second-order valence-corrected chi connectivity index (χ2v) is 5.19. The summed E-state index contributed by atoms with van der Waals surface area (Å²) in [5.74, 6) is -0.0971. The van der Waals surface area contributed by atoms with Crippen molar-refractivity contribution in [1.29, 1.82) is 0 Å². The maximum Gasteiger partial charge on any atom is 0.142 e. The van der Waals surface area contributed by atoms with Gasteiger partial charge in [-0.2, -0.15) is 0 Å². The predicted octanol–water partition coefficient (Wildman–Crippen LogP) is 5.33. The van der Waals surface area contributed by atoms with Gasteiger partial charge in [-0.25, -0.2) is 9.37 Å². The minimum absolute atomic E-state index is 0.229. The van der Waals surface area contributed by atoms with E-state index in [2.05, 4.69) is 9.97 Å². The summed E-state index contributed by atoms with van der Waals surface area (Å²) < 4.78 is 13.8. The zero-order valence-electron chi connectivity index (χ0n) is 9.35. The topological polar surface area (TPSA) is 28.7 Å². The fourth-order valence-corrected chi connectivity index (χ4v) is 2.42. The molecule has 1 aromatic heterocycles. The minimum atomic E-state index is -0.441. The lowest BCUT2D eigenvalue weighted by Crippen LogP contribution is -1.87. The molecule has 96 valence electrons. The van der Waals surface area contributed by atoms with E-state index >= 15 is 0 Å². The number of nitrogens with zero attached hydrogens (tertiary/aromatic N) is 1. The van der Waals surface area contributed by atoms with E-state index < -0.39 is 5.82 Å². The van der Waals surface area contributed by atoms with Gasteiger partial charge in [0.1, 0.15) is 11.6 Å². The minimum Gasteiger partial charge on any atom is -0.338 e. The number of benzene rings is 2. The second kappa shape index (κ2) is 4.67. The Morgan fingerprint density at radius 3 is 2.47 bits per heavy atom. The van der Waals surface area contributed by atoms with Gasteiger partial charge in [0.25, 0.3) is 0 Å². The first kappa shape index (κ1) is 12.7. The Labute approximate surface area is 123 Å². The summed E-state index contributed by atoms with van der Waals surface area (Å²) in [7, 11) is 0. The average Bonchev–Trinajstić information content (AvgIpc) is 2.72. The molecule has 0 unspecified atom stereocenters. The van der Waals surface area contributed by atoms with Crippen molar-refractivity contribution in [2.75, 3.05) is 0 Å². The molecule has 0 aliphatic carbocycles. The Morgan fingerprint density at radius 2 is 1.74 bits per heavy atom. The fourth-order valence-electron chi connectivity index (χ4n) is 1.85. The van der Waals surface area contributed by atoms with Crippen LogP contribution in [0.1, 0.15) is 0 Å². The van der Waals surface area contributed by atoms with Crippen molar-refractivity contribution in [2.24, 2.45) is 0 Å². The van der Waals surface area contributed by atoms with E-state index in [9.17, 15) is 4.39 Å². The van der Waals surface area contributed by atoms with Gasteiger partial charge in [0.2, 0.25) is 0 Å². The number of imidazole rings is 1. The van der Waals surface area contributed by atoms with Crippen LogP contribution in [0.2, 0.25) is 15.1 Å². The van der Waals surface area contributed by atoms with E-state index in [-0.39, 0.29) is 10.6 Å². The van der Waals surface area contributed by atoms with Crippen molar-refractivity contribution >= 4 is 45.8 Å². The summed E-state index contributed by atoms with van der Waals surface area (Å²) >= 11 is 17.8. The third-order valence-electron chi connectivity index (χ3n) is 2.72. The van der Waals surface area contributed by atoms with Gasteiger partial charge >= 0.3 is 0 Å². The SMILES string of the molecule is Fc1cccc(Cl)c1-c1nc2cc(Cl)c(Cl)cc2[nH]1. The van der Waals surface area contributed by atoms with Crippen LogP contribution in [0.3, 0.4) is 0 Å². The third-order valence-corrected chi connectivity index (χ3v) is 3.76. The molecule has 2 nitrogen and oxygen atoms in total. The van der Waals surface area contributed by atoms with E-state index in [1.807, 2.05) is 0 Å². The number of fused-ring (bicyclic) bond motifs is 1. The quantitative estimate of drug-likeness (QED) is 0.646. The van der Waals surface area contributed by atoms with Crippen molar-refractivity contribution in [3.8, 4) is 11.4 Å². The third kappa shape index (κ3) is 2.18. The number of aromatic nitrogens is 2. The molecule has 6 heteroatoms. The van der Waals surface area contributed by atoms with E-state index in [0.717, 1.165) is 0 Å². The summed E-state index contributed by atoms with van der Waals surface area (Å²) in [6.45, 7) is 0. The highest BCUT2D eigenvalue weighted by molar-refractivity contribution is 6.42. The first-order chi connectivity index (χ1) is 9.06. The van der Waals surface area contributed by atoms with Gasteiger partial charge in [0.15, 0.2) is 0 Å². The molecule has 0 fully saturated rings. The Bertz CT molecular complexity index is 724. The maximum atomic E-state index is 13.8. The van der Waals surface area contributed by atoms with Crippen molar-refractivity contribution in [2.45, 2.75) is 0 Å².